The lowest BCUT2D eigenvalue weighted by molar-refractivity contribution is 0.0903. The summed E-state index contributed by atoms with van der Waals surface area (Å²) in [5, 5.41) is 3.40. The maximum Gasteiger partial charge on any atom is 0.147 e. The van der Waals surface area contributed by atoms with Gasteiger partial charge >= 0.3 is 0 Å². The number of anilines is 1. The molecular formula is C10H15N3O. The van der Waals surface area contributed by atoms with Crippen LogP contribution in [0.4, 0.5) is 5.82 Å². The summed E-state index contributed by atoms with van der Waals surface area (Å²) in [6.45, 7) is 3.66. The highest BCUT2D eigenvalue weighted by Crippen LogP contribution is 2.14. The monoisotopic (exact) mass is 193 g/mol. The molecule has 0 spiro atoms. The van der Waals surface area contributed by atoms with Crippen LogP contribution in [0.5, 0.6) is 0 Å². The summed E-state index contributed by atoms with van der Waals surface area (Å²) >= 11 is 0. The predicted octanol–water partition coefficient (Wildman–Crippen LogP) is 1.38. The standard InChI is InChI=1S/C10H15N3O/c1-8-10(12-5-4-11-8)13-9-2-6-14-7-3-9/h4-5,9H,2-3,6-7H2,1H3,(H,12,13). The maximum absolute atomic E-state index is 5.29. The molecule has 0 amide bonds. The summed E-state index contributed by atoms with van der Waals surface area (Å²) in [4.78, 5) is 8.45. The van der Waals surface area contributed by atoms with Crippen molar-refractivity contribution < 1.29 is 4.74 Å². The lowest BCUT2D eigenvalue weighted by Crippen LogP contribution is -2.28. The summed E-state index contributed by atoms with van der Waals surface area (Å²) in [5.41, 5.74) is 0.957. The first-order chi connectivity index (χ1) is 6.86. The van der Waals surface area contributed by atoms with Gasteiger partial charge in [0, 0.05) is 31.6 Å². The molecule has 0 aromatic carbocycles. The van der Waals surface area contributed by atoms with Gasteiger partial charge in [0.05, 0.1) is 5.69 Å². The van der Waals surface area contributed by atoms with Crippen LogP contribution >= 0.6 is 0 Å². The van der Waals surface area contributed by atoms with Crippen LogP contribution < -0.4 is 5.32 Å². The van der Waals surface area contributed by atoms with Crippen molar-refractivity contribution in [3.8, 4) is 0 Å². The highest BCUT2D eigenvalue weighted by Gasteiger charge is 2.14. The van der Waals surface area contributed by atoms with Gasteiger partial charge in [-0.2, -0.15) is 0 Å². The van der Waals surface area contributed by atoms with Crippen LogP contribution in [-0.2, 0) is 4.74 Å². The van der Waals surface area contributed by atoms with Crippen LogP contribution in [0.25, 0.3) is 0 Å². The number of ether oxygens (including phenoxy) is 1. The Kier molecular flexibility index (Phi) is 2.93. The Morgan fingerprint density at radius 2 is 2.00 bits per heavy atom. The summed E-state index contributed by atoms with van der Waals surface area (Å²) < 4.78 is 5.29. The van der Waals surface area contributed by atoms with Gasteiger partial charge in [0.2, 0.25) is 0 Å². The van der Waals surface area contributed by atoms with Gasteiger partial charge in [-0.05, 0) is 19.8 Å². The fraction of sp³-hybridized carbons (Fsp3) is 0.600. The van der Waals surface area contributed by atoms with Crippen molar-refractivity contribution in [3.05, 3.63) is 18.1 Å². The molecule has 1 aromatic rings. The molecule has 1 aliphatic rings. The second kappa shape index (κ2) is 4.37. The van der Waals surface area contributed by atoms with E-state index in [1.807, 2.05) is 6.92 Å². The topological polar surface area (TPSA) is 47.0 Å². The summed E-state index contributed by atoms with van der Waals surface area (Å²) in [5.74, 6) is 0.902. The molecule has 76 valence electrons. The van der Waals surface area contributed by atoms with Crippen LogP contribution in [0.1, 0.15) is 18.5 Å². The SMILES string of the molecule is Cc1nccnc1NC1CCOCC1. The number of nitrogens with one attached hydrogen (secondary N) is 1. The van der Waals surface area contributed by atoms with Crippen LogP contribution in [0, 0.1) is 6.92 Å². The van der Waals surface area contributed by atoms with Crippen molar-refractivity contribution >= 4 is 5.82 Å². The lowest BCUT2D eigenvalue weighted by Gasteiger charge is -2.23. The maximum atomic E-state index is 5.29. The van der Waals surface area contributed by atoms with Crippen molar-refractivity contribution in [3.63, 3.8) is 0 Å². The van der Waals surface area contributed by atoms with Crippen LogP contribution in [0.15, 0.2) is 12.4 Å². The second-order valence-electron chi connectivity index (χ2n) is 3.52. The van der Waals surface area contributed by atoms with Crippen molar-refractivity contribution in [2.24, 2.45) is 0 Å². The Morgan fingerprint density at radius 1 is 1.29 bits per heavy atom. The zero-order chi connectivity index (χ0) is 9.80. The molecule has 0 radical (unpaired) electrons. The van der Waals surface area contributed by atoms with Crippen molar-refractivity contribution in [1.82, 2.24) is 9.97 Å². The van der Waals surface area contributed by atoms with E-state index in [-0.39, 0.29) is 0 Å². The van der Waals surface area contributed by atoms with Gasteiger partial charge < -0.3 is 10.1 Å². The van der Waals surface area contributed by atoms with Crippen LogP contribution in [-0.4, -0.2) is 29.2 Å². The Balaban J connectivity index is 1.99. The van der Waals surface area contributed by atoms with E-state index >= 15 is 0 Å². The minimum Gasteiger partial charge on any atom is -0.381 e. The van der Waals surface area contributed by atoms with E-state index in [9.17, 15) is 0 Å². The quantitative estimate of drug-likeness (QED) is 0.770. The summed E-state index contributed by atoms with van der Waals surface area (Å²) in [7, 11) is 0. The smallest absolute Gasteiger partial charge is 0.147 e. The van der Waals surface area contributed by atoms with Gasteiger partial charge in [0.1, 0.15) is 5.82 Å². The normalized spacial score (nSPS) is 18.1. The van der Waals surface area contributed by atoms with Gasteiger partial charge in [0.25, 0.3) is 0 Å². The zero-order valence-electron chi connectivity index (χ0n) is 8.36. The molecular weight excluding hydrogens is 178 g/mol. The fourth-order valence-electron chi connectivity index (χ4n) is 1.58. The number of hydrogen-bond acceptors (Lipinski definition) is 4. The number of aryl methyl sites for hydroxylation is 1. The van der Waals surface area contributed by atoms with Gasteiger partial charge in [-0.15, -0.1) is 0 Å². The van der Waals surface area contributed by atoms with Crippen LogP contribution in [0.2, 0.25) is 0 Å². The number of rotatable bonds is 2. The lowest BCUT2D eigenvalue weighted by atomic mass is 10.1. The predicted molar refractivity (Wildman–Crippen MR) is 54.2 cm³/mol. The molecule has 1 aromatic heterocycles. The zero-order valence-corrected chi connectivity index (χ0v) is 8.36. The third-order valence-corrected chi connectivity index (χ3v) is 2.44. The highest BCUT2D eigenvalue weighted by atomic mass is 16.5. The Morgan fingerprint density at radius 3 is 2.71 bits per heavy atom. The van der Waals surface area contributed by atoms with E-state index in [1.165, 1.54) is 0 Å². The van der Waals surface area contributed by atoms with E-state index in [0.717, 1.165) is 37.6 Å². The van der Waals surface area contributed by atoms with E-state index in [1.54, 1.807) is 12.4 Å². The van der Waals surface area contributed by atoms with E-state index in [4.69, 9.17) is 4.74 Å². The first kappa shape index (κ1) is 9.40. The molecule has 2 rings (SSSR count). The average Bonchev–Trinajstić information content (AvgIpc) is 2.23. The van der Waals surface area contributed by atoms with Crippen molar-refractivity contribution in [2.75, 3.05) is 18.5 Å². The molecule has 1 saturated heterocycles. The third-order valence-electron chi connectivity index (χ3n) is 2.44. The molecule has 0 bridgehead atoms. The number of hydrogen-bond donors (Lipinski definition) is 1. The van der Waals surface area contributed by atoms with Gasteiger partial charge in [-0.25, -0.2) is 4.98 Å². The number of aromatic nitrogens is 2. The van der Waals surface area contributed by atoms with E-state index in [0.29, 0.717) is 6.04 Å². The minimum absolute atomic E-state index is 0.485. The summed E-state index contributed by atoms with van der Waals surface area (Å²) in [6, 6.07) is 0.485. The molecule has 1 fully saturated rings. The Bertz CT molecular complexity index is 297. The second-order valence-corrected chi connectivity index (χ2v) is 3.52. The molecule has 0 atom stereocenters. The van der Waals surface area contributed by atoms with E-state index < -0.39 is 0 Å². The largest absolute Gasteiger partial charge is 0.381 e. The first-order valence-electron chi connectivity index (χ1n) is 4.98. The molecule has 0 saturated carbocycles. The number of nitrogens with zero attached hydrogens (tertiary/aromatic N) is 2. The molecule has 1 aliphatic heterocycles. The summed E-state index contributed by atoms with van der Waals surface area (Å²) in [6.07, 6.45) is 5.53. The molecule has 14 heavy (non-hydrogen) atoms. The van der Waals surface area contributed by atoms with E-state index in [2.05, 4.69) is 15.3 Å². The van der Waals surface area contributed by atoms with Gasteiger partial charge in [-0.1, -0.05) is 0 Å². The molecule has 4 heteroatoms. The highest BCUT2D eigenvalue weighted by molar-refractivity contribution is 5.39. The first-order valence-corrected chi connectivity index (χ1v) is 4.98. The van der Waals surface area contributed by atoms with Crippen molar-refractivity contribution in [1.29, 1.82) is 0 Å². The molecule has 0 aliphatic carbocycles. The Labute approximate surface area is 83.7 Å². The molecule has 0 unspecified atom stereocenters. The Hall–Kier alpha value is -1.16. The van der Waals surface area contributed by atoms with Crippen LogP contribution in [0.3, 0.4) is 0 Å². The molecule has 4 nitrogen and oxygen atoms in total. The molecule has 1 N–H and O–H groups in total. The minimum atomic E-state index is 0.485. The average molecular weight is 193 g/mol. The molecule has 2 heterocycles. The fourth-order valence-corrected chi connectivity index (χ4v) is 1.58. The van der Waals surface area contributed by atoms with Gasteiger partial charge in [-0.3, -0.25) is 4.98 Å². The van der Waals surface area contributed by atoms with Gasteiger partial charge in [0.15, 0.2) is 0 Å². The van der Waals surface area contributed by atoms with Crippen molar-refractivity contribution in [2.45, 2.75) is 25.8 Å². The third kappa shape index (κ3) is 2.20.